The number of rotatable bonds is 6. The molecule has 11 nitrogen and oxygen atoms in total. The second kappa shape index (κ2) is 12.9. The van der Waals surface area contributed by atoms with E-state index in [1.807, 2.05) is 10.0 Å². The molecule has 2 amide bonds. The Morgan fingerprint density at radius 2 is 1.32 bits per heavy atom. The summed E-state index contributed by atoms with van der Waals surface area (Å²) >= 11 is 11.5. The Hall–Kier alpha value is -3.97. The molecule has 0 radical (unpaired) electrons. The molecule has 5 rings (SSSR count). The van der Waals surface area contributed by atoms with Crippen molar-refractivity contribution in [3.63, 3.8) is 0 Å². The van der Waals surface area contributed by atoms with Gasteiger partial charge < -0.3 is 14.2 Å². The van der Waals surface area contributed by atoms with E-state index >= 15 is 0 Å². The molecule has 0 saturated heterocycles. The number of ether oxygens (including phenoxy) is 3. The quantitative estimate of drug-likeness (QED) is 0.211. The number of anilines is 2. The highest BCUT2D eigenvalue weighted by Gasteiger charge is 2.63. The van der Waals surface area contributed by atoms with Crippen LogP contribution in [-0.2, 0) is 30.8 Å². The zero-order chi connectivity index (χ0) is 35.0. The number of nitrogens with one attached hydrogen (secondary N) is 4. The first-order valence-electron chi connectivity index (χ1n) is 12.8. The highest BCUT2D eigenvalue weighted by Crippen LogP contribution is 2.48. The van der Waals surface area contributed by atoms with Gasteiger partial charge >= 0.3 is 24.5 Å². The van der Waals surface area contributed by atoms with Gasteiger partial charge in [0.25, 0.3) is 5.72 Å². The van der Waals surface area contributed by atoms with Crippen LogP contribution in [0.15, 0.2) is 65.6 Å². The lowest BCUT2D eigenvalue weighted by Gasteiger charge is -2.39. The molecule has 2 aliphatic heterocycles. The standard InChI is InChI=1S/C17H14ClF3N2O5S.C10H8ClF3N2O2/c1-27-11-3-5-12(6-4-11)29(25,26)22-9-16(17(19,20)21)13-8-10(18)2-7-14(13)23-15(24)28-16;1-15-9(10(12,13)14)6-4-5(11)2-3-7(6)16-8(17)18-9/h2-8,22H,9H2,1H3,(H,23,24);2-4,15H,1H3,(H,16,17). The van der Waals surface area contributed by atoms with Gasteiger partial charge in [-0.25, -0.2) is 22.7 Å². The van der Waals surface area contributed by atoms with Crippen LogP contribution >= 0.6 is 23.2 Å². The summed E-state index contributed by atoms with van der Waals surface area (Å²) in [6.45, 7) is -1.29. The molecule has 2 heterocycles. The number of benzene rings is 3. The lowest BCUT2D eigenvalue weighted by atomic mass is 9.90. The van der Waals surface area contributed by atoms with Crippen LogP contribution in [0.25, 0.3) is 0 Å². The number of alkyl halides is 6. The monoisotopic (exact) mass is 730 g/mol. The van der Waals surface area contributed by atoms with Crippen molar-refractivity contribution in [1.82, 2.24) is 10.0 Å². The van der Waals surface area contributed by atoms with Crippen LogP contribution in [0.4, 0.5) is 47.3 Å². The van der Waals surface area contributed by atoms with E-state index in [1.165, 1.54) is 55.6 Å². The van der Waals surface area contributed by atoms with Gasteiger partial charge in [-0.2, -0.15) is 26.3 Å². The SMILES string of the molecule is CNC1(C(F)(F)F)OC(=O)Nc2ccc(Cl)cc21.COc1ccc(S(=O)(=O)NCC2(C(F)(F)F)OC(=O)Nc3ccc(Cl)cc32)cc1. The fraction of sp³-hybridized carbons (Fsp3) is 0.259. The van der Waals surface area contributed by atoms with Crippen LogP contribution in [-0.4, -0.2) is 53.7 Å². The predicted octanol–water partition coefficient (Wildman–Crippen LogP) is 6.48. The highest BCUT2D eigenvalue weighted by molar-refractivity contribution is 7.89. The van der Waals surface area contributed by atoms with E-state index in [-0.39, 0.29) is 31.9 Å². The minimum Gasteiger partial charge on any atom is -0.497 e. The van der Waals surface area contributed by atoms with Crippen molar-refractivity contribution in [1.29, 1.82) is 0 Å². The van der Waals surface area contributed by atoms with Crippen molar-refractivity contribution >= 4 is 56.8 Å². The fourth-order valence-corrected chi connectivity index (χ4v) is 5.97. The van der Waals surface area contributed by atoms with Crippen molar-refractivity contribution in [3.8, 4) is 5.75 Å². The third-order valence-electron chi connectivity index (χ3n) is 6.85. The summed E-state index contributed by atoms with van der Waals surface area (Å²) in [5.41, 5.74) is -7.15. The van der Waals surface area contributed by atoms with Gasteiger partial charge in [-0.05, 0) is 67.7 Å². The van der Waals surface area contributed by atoms with Crippen LogP contribution in [0.1, 0.15) is 11.1 Å². The van der Waals surface area contributed by atoms with E-state index in [9.17, 15) is 44.3 Å². The number of fused-ring (bicyclic) bond motifs is 2. The second-order valence-corrected chi connectivity index (χ2v) is 12.3. The zero-order valence-electron chi connectivity index (χ0n) is 23.8. The predicted molar refractivity (Wildman–Crippen MR) is 156 cm³/mol. The number of hydrogen-bond acceptors (Lipinski definition) is 8. The Bertz CT molecular complexity index is 1800. The Labute approximate surface area is 272 Å². The van der Waals surface area contributed by atoms with Gasteiger partial charge in [0.15, 0.2) is 0 Å². The number of amides is 2. The van der Waals surface area contributed by atoms with Gasteiger partial charge in [-0.1, -0.05) is 23.2 Å². The lowest BCUT2D eigenvalue weighted by Crippen LogP contribution is -2.58. The second-order valence-electron chi connectivity index (χ2n) is 9.66. The normalized spacial score (nSPS) is 20.6. The fourth-order valence-electron chi connectivity index (χ4n) is 4.57. The highest BCUT2D eigenvalue weighted by atomic mass is 35.5. The summed E-state index contributed by atoms with van der Waals surface area (Å²) in [7, 11) is -1.93. The van der Waals surface area contributed by atoms with Gasteiger partial charge in [-0.3, -0.25) is 16.0 Å². The van der Waals surface area contributed by atoms with Crippen molar-refractivity contribution in [2.45, 2.75) is 28.6 Å². The minimum absolute atomic E-state index is 0.00215. The number of sulfonamides is 1. The van der Waals surface area contributed by atoms with Crippen LogP contribution in [0.2, 0.25) is 10.0 Å². The summed E-state index contributed by atoms with van der Waals surface area (Å²) < 4.78 is 123. The minimum atomic E-state index is -5.15. The maximum absolute atomic E-state index is 14.1. The van der Waals surface area contributed by atoms with E-state index < -0.39 is 58.0 Å². The molecule has 0 bridgehead atoms. The molecule has 3 aromatic rings. The molecule has 20 heteroatoms. The van der Waals surface area contributed by atoms with E-state index in [4.69, 9.17) is 27.9 Å². The summed E-state index contributed by atoms with van der Waals surface area (Å²) in [4.78, 5) is 22.7. The first-order chi connectivity index (χ1) is 21.8. The number of cyclic esters (lactones) is 2. The molecule has 0 saturated carbocycles. The van der Waals surface area contributed by atoms with E-state index in [1.54, 1.807) is 0 Å². The summed E-state index contributed by atoms with van der Waals surface area (Å²) in [5, 5.41) is 6.40. The Morgan fingerprint density at radius 3 is 1.81 bits per heavy atom. The van der Waals surface area contributed by atoms with Crippen molar-refractivity contribution in [3.05, 3.63) is 81.8 Å². The molecule has 0 aromatic heterocycles. The van der Waals surface area contributed by atoms with Gasteiger partial charge in [0, 0.05) is 21.2 Å². The molecule has 2 aliphatic rings. The number of carbonyl (C=O) groups is 2. The number of carbonyl (C=O) groups excluding carboxylic acids is 2. The number of hydrogen-bond donors (Lipinski definition) is 4. The first kappa shape index (κ1) is 35.9. The third-order valence-corrected chi connectivity index (χ3v) is 8.74. The lowest BCUT2D eigenvalue weighted by molar-refractivity contribution is -0.275. The Morgan fingerprint density at radius 1 is 0.809 bits per heavy atom. The average molecular weight is 731 g/mol. The smallest absolute Gasteiger partial charge is 0.447 e. The molecule has 3 aromatic carbocycles. The Balaban J connectivity index is 0.000000238. The Kier molecular flexibility index (Phi) is 9.86. The molecular weight excluding hydrogens is 709 g/mol. The molecule has 254 valence electrons. The van der Waals surface area contributed by atoms with Crippen LogP contribution in [0, 0.1) is 0 Å². The van der Waals surface area contributed by atoms with Crippen molar-refractivity contribution in [2.24, 2.45) is 0 Å². The molecule has 47 heavy (non-hydrogen) atoms. The molecule has 0 aliphatic carbocycles. The van der Waals surface area contributed by atoms with Crippen molar-refractivity contribution < 1.29 is 58.6 Å². The first-order valence-corrected chi connectivity index (χ1v) is 15.1. The largest absolute Gasteiger partial charge is 0.497 e. The van der Waals surface area contributed by atoms with E-state index in [2.05, 4.69) is 20.1 Å². The molecule has 2 atom stereocenters. The van der Waals surface area contributed by atoms with Crippen LogP contribution in [0.3, 0.4) is 0 Å². The molecule has 2 unspecified atom stereocenters. The van der Waals surface area contributed by atoms with Gasteiger partial charge in [0.2, 0.25) is 15.6 Å². The summed E-state index contributed by atoms with van der Waals surface area (Å²) in [6.07, 6.45) is -12.5. The number of halogens is 8. The van der Waals surface area contributed by atoms with Gasteiger partial charge in [0.05, 0.1) is 29.9 Å². The van der Waals surface area contributed by atoms with E-state index in [0.717, 1.165) is 19.2 Å². The molecule has 0 fully saturated rings. The number of methoxy groups -OCH3 is 1. The van der Waals surface area contributed by atoms with Gasteiger partial charge in [-0.15, -0.1) is 0 Å². The van der Waals surface area contributed by atoms with Crippen LogP contribution < -0.4 is 25.4 Å². The molecule has 4 N–H and O–H groups in total. The molecule has 0 spiro atoms. The van der Waals surface area contributed by atoms with Crippen molar-refractivity contribution in [2.75, 3.05) is 31.3 Å². The third kappa shape index (κ3) is 7.01. The topological polar surface area (TPSA) is 144 Å². The van der Waals surface area contributed by atoms with Gasteiger partial charge in [0.1, 0.15) is 5.75 Å². The summed E-state index contributed by atoms with van der Waals surface area (Å²) in [5.74, 6) is 0.367. The van der Waals surface area contributed by atoms with E-state index in [0.29, 0.717) is 5.75 Å². The molecular formula is C27H22Cl2F6N4O7S. The van der Waals surface area contributed by atoms with Crippen LogP contribution in [0.5, 0.6) is 5.75 Å². The maximum atomic E-state index is 14.1. The average Bonchev–Trinajstić information content (AvgIpc) is 2.99. The summed E-state index contributed by atoms with van der Waals surface area (Å²) in [6, 6.07) is 12.2. The maximum Gasteiger partial charge on any atom is 0.447 e. The zero-order valence-corrected chi connectivity index (χ0v) is 26.1.